The number of hydrogen-bond donors (Lipinski definition) is 1. The van der Waals surface area contributed by atoms with Crippen molar-refractivity contribution in [2.45, 2.75) is 37.2 Å². The summed E-state index contributed by atoms with van der Waals surface area (Å²) in [6.45, 7) is 5.53. The zero-order chi connectivity index (χ0) is 22.1. The Kier molecular flexibility index (Phi) is 6.51. The first-order chi connectivity index (χ1) is 15.6. The smallest absolute Gasteiger partial charge is 0.267 e. The molecule has 1 N–H and O–H groups in total. The summed E-state index contributed by atoms with van der Waals surface area (Å²) in [5, 5.41) is 1.59. The van der Waals surface area contributed by atoms with Crippen molar-refractivity contribution in [3.63, 3.8) is 0 Å². The molecule has 32 heavy (non-hydrogen) atoms. The van der Waals surface area contributed by atoms with Crippen LogP contribution in [0.4, 0.5) is 0 Å². The fourth-order valence-electron chi connectivity index (χ4n) is 4.35. The van der Waals surface area contributed by atoms with Gasteiger partial charge in [0, 0.05) is 16.6 Å². The first kappa shape index (κ1) is 21.9. The lowest BCUT2D eigenvalue weighted by Gasteiger charge is -2.23. The molecule has 4 aromatic rings. The van der Waals surface area contributed by atoms with Crippen molar-refractivity contribution in [2.24, 2.45) is 0 Å². The van der Waals surface area contributed by atoms with E-state index in [1.807, 2.05) is 34.9 Å². The largest absolute Gasteiger partial charge is 0.330 e. The van der Waals surface area contributed by atoms with Gasteiger partial charge < -0.3 is 4.90 Å². The number of fused-ring (bicyclic) bond motifs is 3. The van der Waals surface area contributed by atoms with Gasteiger partial charge in [-0.3, -0.25) is 9.36 Å². The Morgan fingerprint density at radius 1 is 1.16 bits per heavy atom. The predicted molar refractivity (Wildman–Crippen MR) is 137 cm³/mol. The van der Waals surface area contributed by atoms with E-state index in [0.717, 1.165) is 50.8 Å². The highest BCUT2D eigenvalue weighted by Crippen LogP contribution is 2.32. The molecule has 2 aromatic heterocycles. The normalized spacial score (nSPS) is 15.8. The number of aromatic nitrogens is 2. The Labute approximate surface area is 204 Å². The van der Waals surface area contributed by atoms with E-state index in [2.05, 4.69) is 47.1 Å². The van der Waals surface area contributed by atoms with Crippen LogP contribution >= 0.6 is 39.0 Å². The third-order valence-electron chi connectivity index (χ3n) is 5.92. The Hall–Kier alpha value is -1.93. The quantitative estimate of drug-likeness (QED) is 0.288. The molecule has 0 bridgehead atoms. The molecule has 0 saturated carbocycles. The molecule has 0 radical (unpaired) electrons. The maximum atomic E-state index is 13.8. The van der Waals surface area contributed by atoms with Crippen molar-refractivity contribution in [2.75, 3.05) is 13.1 Å². The van der Waals surface area contributed by atoms with Crippen LogP contribution in [0.15, 0.2) is 69.0 Å². The topological polar surface area (TPSA) is 39.3 Å². The number of thioether (sulfide) groups is 1. The van der Waals surface area contributed by atoms with Crippen LogP contribution in [0.1, 0.15) is 29.3 Å². The van der Waals surface area contributed by atoms with E-state index in [4.69, 9.17) is 4.98 Å². The number of nitrogens with zero attached hydrogens (tertiary/aromatic N) is 2. The van der Waals surface area contributed by atoms with Crippen LogP contribution in [0.2, 0.25) is 0 Å². The van der Waals surface area contributed by atoms with Gasteiger partial charge in [-0.15, -0.1) is 11.3 Å². The van der Waals surface area contributed by atoms with Crippen molar-refractivity contribution in [1.82, 2.24) is 9.55 Å². The third-order valence-corrected chi connectivity index (χ3v) is 8.58. The molecule has 5 rings (SSSR count). The highest BCUT2D eigenvalue weighted by Gasteiger charge is 2.27. The molecule has 1 aliphatic rings. The molecule has 7 heteroatoms. The third kappa shape index (κ3) is 4.31. The van der Waals surface area contributed by atoms with E-state index >= 15 is 0 Å². The van der Waals surface area contributed by atoms with Crippen LogP contribution in [0.3, 0.4) is 0 Å². The number of thiophene rings is 1. The van der Waals surface area contributed by atoms with Gasteiger partial charge in [-0.05, 0) is 41.8 Å². The molecule has 0 aliphatic carbocycles. The van der Waals surface area contributed by atoms with E-state index in [0.29, 0.717) is 0 Å². The van der Waals surface area contributed by atoms with Crippen LogP contribution in [0, 0.1) is 0 Å². The molecule has 3 heterocycles. The van der Waals surface area contributed by atoms with Crippen LogP contribution in [0.25, 0.3) is 15.9 Å². The molecule has 1 aliphatic heterocycles. The van der Waals surface area contributed by atoms with Gasteiger partial charge in [0.15, 0.2) is 5.16 Å². The summed E-state index contributed by atoms with van der Waals surface area (Å²) < 4.78 is 2.87. The minimum atomic E-state index is 0.0657. The molecular formula is C25H25BrN3OS2+. The summed E-state index contributed by atoms with van der Waals surface area (Å²) in [5.74, 6) is 0.761. The van der Waals surface area contributed by atoms with Crippen LogP contribution < -0.4 is 10.5 Å². The van der Waals surface area contributed by atoms with Crippen LogP contribution in [-0.4, -0.2) is 22.6 Å². The van der Waals surface area contributed by atoms with Gasteiger partial charge in [0.1, 0.15) is 11.4 Å². The lowest BCUT2D eigenvalue weighted by atomic mass is 10.1. The predicted octanol–water partition coefficient (Wildman–Crippen LogP) is 4.85. The number of quaternary nitrogens is 1. The minimum Gasteiger partial charge on any atom is -0.330 e. The Morgan fingerprint density at radius 2 is 1.94 bits per heavy atom. The van der Waals surface area contributed by atoms with E-state index in [-0.39, 0.29) is 5.56 Å². The fourth-order valence-corrected chi connectivity index (χ4v) is 6.92. The highest BCUT2D eigenvalue weighted by molar-refractivity contribution is 9.10. The first-order valence-corrected chi connectivity index (χ1v) is 13.6. The first-order valence-electron chi connectivity index (χ1n) is 11.0. The van der Waals surface area contributed by atoms with E-state index in [1.54, 1.807) is 28.0 Å². The maximum Gasteiger partial charge on any atom is 0.267 e. The van der Waals surface area contributed by atoms with Crippen LogP contribution in [0.5, 0.6) is 0 Å². The van der Waals surface area contributed by atoms with E-state index in [9.17, 15) is 4.79 Å². The lowest BCUT2D eigenvalue weighted by molar-refractivity contribution is -0.915. The number of para-hydroxylation sites is 1. The fraction of sp³-hybridized carbons (Fsp3) is 0.280. The molecule has 0 amide bonds. The number of halogens is 1. The second-order valence-corrected chi connectivity index (χ2v) is 11.1. The Morgan fingerprint density at radius 3 is 2.69 bits per heavy atom. The van der Waals surface area contributed by atoms with Crippen molar-refractivity contribution in [3.05, 3.63) is 85.4 Å². The Bertz CT molecular complexity index is 1300. The molecule has 2 aromatic carbocycles. The molecule has 0 saturated heterocycles. The zero-order valence-corrected chi connectivity index (χ0v) is 21.2. The molecule has 1 atom stereocenters. The second-order valence-electron chi connectivity index (χ2n) is 8.15. The molecule has 0 spiro atoms. The minimum absolute atomic E-state index is 0.0657. The van der Waals surface area contributed by atoms with Gasteiger partial charge in [-0.2, -0.15) is 0 Å². The zero-order valence-electron chi connectivity index (χ0n) is 17.9. The number of hydrogen-bond acceptors (Lipinski definition) is 4. The van der Waals surface area contributed by atoms with Gasteiger partial charge >= 0.3 is 0 Å². The van der Waals surface area contributed by atoms with Crippen molar-refractivity contribution >= 4 is 49.2 Å². The molecule has 1 unspecified atom stereocenters. The summed E-state index contributed by atoms with van der Waals surface area (Å²) in [4.78, 5) is 22.7. The van der Waals surface area contributed by atoms with Gasteiger partial charge in [0.2, 0.25) is 0 Å². The van der Waals surface area contributed by atoms with Gasteiger partial charge in [-0.25, -0.2) is 4.98 Å². The number of nitrogens with one attached hydrogen (secondary N) is 1. The average molecular weight is 528 g/mol. The Balaban J connectivity index is 1.60. The maximum absolute atomic E-state index is 13.8. The van der Waals surface area contributed by atoms with Crippen LogP contribution in [-0.2, 0) is 18.7 Å². The summed E-state index contributed by atoms with van der Waals surface area (Å²) in [6, 6.07) is 18.2. The molecular weight excluding hydrogens is 502 g/mol. The molecule has 4 nitrogen and oxygen atoms in total. The number of rotatable bonds is 6. The average Bonchev–Trinajstić information content (AvgIpc) is 3.17. The second kappa shape index (κ2) is 9.51. The molecule has 0 fully saturated rings. The summed E-state index contributed by atoms with van der Waals surface area (Å²) in [6.07, 6.45) is 2.15. The monoisotopic (exact) mass is 526 g/mol. The lowest BCUT2D eigenvalue weighted by Crippen LogP contribution is -3.11. The van der Waals surface area contributed by atoms with Gasteiger partial charge in [0.05, 0.1) is 29.0 Å². The van der Waals surface area contributed by atoms with Crippen molar-refractivity contribution in [1.29, 1.82) is 0 Å². The van der Waals surface area contributed by atoms with Crippen molar-refractivity contribution in [3.8, 4) is 5.69 Å². The standard InChI is InChI=1S/C25H24BrN3OS2/c1-2-13-28-14-12-20-21(15-28)32-23-22(20)24(30)29(19-6-4-3-5-7-19)25(27-23)31-16-17-8-10-18(26)11-9-17/h3-11H,2,12-16H2,1H3/p+1. The number of benzene rings is 2. The van der Waals surface area contributed by atoms with Gasteiger partial charge in [0.25, 0.3) is 5.56 Å². The van der Waals surface area contributed by atoms with E-state index < -0.39 is 0 Å². The SMILES string of the molecule is CCC[NH+]1CCc2c(sc3nc(SCc4ccc(Br)cc4)n(-c4ccccc4)c(=O)c23)C1. The van der Waals surface area contributed by atoms with Gasteiger partial charge in [-0.1, -0.05) is 64.9 Å². The summed E-state index contributed by atoms with van der Waals surface area (Å²) in [7, 11) is 0. The van der Waals surface area contributed by atoms with Crippen molar-refractivity contribution < 1.29 is 4.90 Å². The van der Waals surface area contributed by atoms with E-state index in [1.165, 1.54) is 29.0 Å². The summed E-state index contributed by atoms with van der Waals surface area (Å²) >= 11 is 6.84. The summed E-state index contributed by atoms with van der Waals surface area (Å²) in [5.41, 5.74) is 3.38. The molecule has 164 valence electrons. The highest BCUT2D eigenvalue weighted by atomic mass is 79.9.